The van der Waals surface area contributed by atoms with Crippen molar-refractivity contribution in [1.29, 1.82) is 0 Å². The highest BCUT2D eigenvalue weighted by atomic mass is 16.6. The normalized spacial score (nSPS) is 10.7. The highest BCUT2D eigenvalue weighted by Gasteiger charge is 2.27. The summed E-state index contributed by atoms with van der Waals surface area (Å²) in [6.07, 6.45) is 1.20. The average Bonchev–Trinajstić information content (AvgIpc) is 2.91. The highest BCUT2D eigenvalue weighted by Crippen LogP contribution is 2.30. The monoisotopic (exact) mass is 286 g/mol. The maximum atomic E-state index is 11.3. The van der Waals surface area contributed by atoms with E-state index in [2.05, 4.69) is 20.3 Å². The minimum Gasteiger partial charge on any atom is -0.473 e. The number of nitrogens with zero attached hydrogens (tertiary/aromatic N) is 6. The van der Waals surface area contributed by atoms with Gasteiger partial charge in [0.05, 0.1) is 17.0 Å². The van der Waals surface area contributed by atoms with E-state index < -0.39 is 4.92 Å². The molecule has 0 N–H and O–H groups in total. The number of rotatable bonds is 4. The number of para-hydroxylation sites is 1. The minimum atomic E-state index is -0.587. The molecule has 0 spiro atoms. The average molecular weight is 286 g/mol. The van der Waals surface area contributed by atoms with Gasteiger partial charge in [0, 0.05) is 0 Å². The van der Waals surface area contributed by atoms with Crippen molar-refractivity contribution in [2.24, 2.45) is 0 Å². The fourth-order valence-corrected chi connectivity index (χ4v) is 1.94. The molecule has 0 aliphatic heterocycles. The lowest BCUT2D eigenvalue weighted by atomic mass is 10.3. The zero-order valence-electron chi connectivity index (χ0n) is 11.0. The topological polar surface area (TPSA) is 109 Å². The van der Waals surface area contributed by atoms with Gasteiger partial charge in [-0.1, -0.05) is 17.3 Å². The Hall–Kier alpha value is -3.10. The second-order valence-corrected chi connectivity index (χ2v) is 4.03. The highest BCUT2D eigenvalue weighted by molar-refractivity contribution is 5.76. The Kier molecular flexibility index (Phi) is 3.14. The molecule has 0 saturated carbocycles. The molecule has 21 heavy (non-hydrogen) atoms. The van der Waals surface area contributed by atoms with Crippen molar-refractivity contribution in [3.63, 3.8) is 0 Å². The third kappa shape index (κ3) is 2.14. The van der Waals surface area contributed by atoms with Crippen LogP contribution >= 0.6 is 0 Å². The summed E-state index contributed by atoms with van der Waals surface area (Å²) < 4.78 is 6.50. The van der Waals surface area contributed by atoms with Gasteiger partial charge in [-0.3, -0.25) is 10.1 Å². The van der Waals surface area contributed by atoms with Gasteiger partial charge in [-0.15, -0.1) is 5.10 Å². The van der Waals surface area contributed by atoms with Gasteiger partial charge in [0.2, 0.25) is 5.82 Å². The Morgan fingerprint density at radius 1 is 1.33 bits per heavy atom. The van der Waals surface area contributed by atoms with Crippen LogP contribution in [0.4, 0.5) is 5.69 Å². The number of ether oxygens (including phenoxy) is 1. The largest absolute Gasteiger partial charge is 0.473 e. The van der Waals surface area contributed by atoms with Gasteiger partial charge in [0.15, 0.2) is 0 Å². The van der Waals surface area contributed by atoms with Gasteiger partial charge in [-0.25, -0.2) is 4.98 Å². The van der Waals surface area contributed by atoms with Gasteiger partial charge in [0.1, 0.15) is 11.8 Å². The van der Waals surface area contributed by atoms with Crippen molar-refractivity contribution in [3.8, 4) is 11.7 Å². The van der Waals surface area contributed by atoms with E-state index in [9.17, 15) is 10.1 Å². The second kappa shape index (κ2) is 5.12. The van der Waals surface area contributed by atoms with E-state index in [1.807, 2.05) is 0 Å². The molecule has 0 unspecified atom stereocenters. The van der Waals surface area contributed by atoms with E-state index in [1.54, 1.807) is 31.2 Å². The molecule has 0 amide bonds. The third-order valence-electron chi connectivity index (χ3n) is 2.79. The first kappa shape index (κ1) is 12.9. The van der Waals surface area contributed by atoms with E-state index in [0.29, 0.717) is 11.0 Å². The third-order valence-corrected chi connectivity index (χ3v) is 2.79. The van der Waals surface area contributed by atoms with Crippen LogP contribution < -0.4 is 4.74 Å². The molecule has 0 radical (unpaired) electrons. The van der Waals surface area contributed by atoms with Crippen molar-refractivity contribution in [2.45, 2.75) is 6.92 Å². The summed E-state index contributed by atoms with van der Waals surface area (Å²) in [5, 5.41) is 19.2. The van der Waals surface area contributed by atoms with Crippen molar-refractivity contribution < 1.29 is 9.66 Å². The Morgan fingerprint density at radius 3 is 2.90 bits per heavy atom. The van der Waals surface area contributed by atoms with Crippen LogP contribution in [0.5, 0.6) is 5.88 Å². The molecule has 1 aromatic carbocycles. The molecule has 0 aliphatic rings. The van der Waals surface area contributed by atoms with E-state index in [0.717, 1.165) is 0 Å². The Labute approximate surface area is 118 Å². The lowest BCUT2D eigenvalue weighted by molar-refractivity contribution is -0.386. The van der Waals surface area contributed by atoms with E-state index in [4.69, 9.17) is 4.74 Å². The number of fused-ring (bicyclic) bond motifs is 1. The number of hydrogen-bond acceptors (Lipinski definition) is 7. The predicted octanol–water partition coefficient (Wildman–Crippen LogP) is 1.52. The maximum Gasteiger partial charge on any atom is 0.375 e. The van der Waals surface area contributed by atoms with Crippen molar-refractivity contribution in [2.75, 3.05) is 6.61 Å². The van der Waals surface area contributed by atoms with E-state index in [1.165, 1.54) is 11.0 Å². The molecule has 0 fully saturated rings. The molecule has 9 nitrogen and oxygen atoms in total. The number of nitro groups is 1. The second-order valence-electron chi connectivity index (χ2n) is 4.03. The van der Waals surface area contributed by atoms with Gasteiger partial charge in [0.25, 0.3) is 5.88 Å². The van der Waals surface area contributed by atoms with Gasteiger partial charge < -0.3 is 4.74 Å². The van der Waals surface area contributed by atoms with Gasteiger partial charge in [-0.2, -0.15) is 9.67 Å². The fourth-order valence-electron chi connectivity index (χ4n) is 1.94. The first-order chi connectivity index (χ1) is 10.2. The fraction of sp³-hybridized carbons (Fsp3) is 0.167. The van der Waals surface area contributed by atoms with Crippen LogP contribution in [0.2, 0.25) is 0 Å². The first-order valence-corrected chi connectivity index (χ1v) is 6.15. The summed E-state index contributed by atoms with van der Waals surface area (Å²) >= 11 is 0. The number of benzene rings is 1. The molecule has 2 aromatic heterocycles. The Bertz CT molecular complexity index is 816. The molecule has 0 atom stereocenters. The zero-order chi connectivity index (χ0) is 14.8. The van der Waals surface area contributed by atoms with Crippen molar-refractivity contribution >= 4 is 16.7 Å². The molecule has 3 rings (SSSR count). The summed E-state index contributed by atoms with van der Waals surface area (Å²) in [7, 11) is 0. The van der Waals surface area contributed by atoms with E-state index in [-0.39, 0.29) is 24.0 Å². The van der Waals surface area contributed by atoms with Crippen LogP contribution in [0, 0.1) is 10.1 Å². The predicted molar refractivity (Wildman–Crippen MR) is 72.3 cm³/mol. The molecular formula is C12H10N6O3. The zero-order valence-corrected chi connectivity index (χ0v) is 11.0. The molecule has 9 heteroatoms. The van der Waals surface area contributed by atoms with Crippen molar-refractivity contribution in [3.05, 3.63) is 40.7 Å². The molecule has 0 bridgehead atoms. The van der Waals surface area contributed by atoms with Gasteiger partial charge >= 0.3 is 5.69 Å². The SMILES string of the molecule is CCOc1ncnc(-n2nnc3ccccc32)c1[N+](=O)[O-]. The number of hydrogen-bond donors (Lipinski definition) is 0. The van der Waals surface area contributed by atoms with Gasteiger partial charge in [-0.05, 0) is 19.1 Å². The Morgan fingerprint density at radius 2 is 2.14 bits per heavy atom. The van der Waals surface area contributed by atoms with Crippen LogP contribution in [0.25, 0.3) is 16.9 Å². The van der Waals surface area contributed by atoms with E-state index >= 15 is 0 Å². The summed E-state index contributed by atoms with van der Waals surface area (Å²) in [5.74, 6) is -0.0702. The molecule has 0 saturated heterocycles. The quantitative estimate of drug-likeness (QED) is 0.528. The summed E-state index contributed by atoms with van der Waals surface area (Å²) in [6, 6.07) is 7.11. The lowest BCUT2D eigenvalue weighted by Gasteiger charge is -2.06. The Balaban J connectivity index is 2.27. The first-order valence-electron chi connectivity index (χ1n) is 6.15. The molecule has 0 aliphatic carbocycles. The minimum absolute atomic E-state index is 0.0205. The molecule has 2 heterocycles. The van der Waals surface area contributed by atoms with Crippen LogP contribution in [0.15, 0.2) is 30.6 Å². The lowest BCUT2D eigenvalue weighted by Crippen LogP contribution is -2.08. The van der Waals surface area contributed by atoms with Crippen molar-refractivity contribution in [1.82, 2.24) is 25.0 Å². The smallest absolute Gasteiger partial charge is 0.375 e. The summed E-state index contributed by atoms with van der Waals surface area (Å²) in [6.45, 7) is 1.98. The summed E-state index contributed by atoms with van der Waals surface area (Å²) in [4.78, 5) is 18.5. The van der Waals surface area contributed by atoms with Crippen LogP contribution in [-0.4, -0.2) is 36.5 Å². The standard InChI is InChI=1S/C12H10N6O3/c1-2-21-12-10(18(19)20)11(13-7-14-12)17-9-6-4-3-5-8(9)15-16-17/h3-7H,2H2,1H3. The van der Waals surface area contributed by atoms with Crippen LogP contribution in [-0.2, 0) is 0 Å². The van der Waals surface area contributed by atoms with Crippen LogP contribution in [0.3, 0.4) is 0 Å². The number of aromatic nitrogens is 5. The summed E-state index contributed by atoms with van der Waals surface area (Å²) in [5.41, 5.74) is 0.889. The molecule has 3 aromatic rings. The molecular weight excluding hydrogens is 276 g/mol. The molecule has 106 valence electrons. The maximum absolute atomic E-state index is 11.3. The van der Waals surface area contributed by atoms with Crippen LogP contribution in [0.1, 0.15) is 6.92 Å².